The summed E-state index contributed by atoms with van der Waals surface area (Å²) in [4.78, 5) is 8.31. The van der Waals surface area contributed by atoms with Crippen molar-refractivity contribution in [2.24, 2.45) is 0 Å². The molecule has 2 aromatic rings. The Labute approximate surface area is 93.1 Å². The molecule has 0 saturated heterocycles. The minimum absolute atomic E-state index is 0.381. The van der Waals surface area contributed by atoms with Gasteiger partial charge in [0.25, 0.3) is 0 Å². The lowest BCUT2D eigenvalue weighted by Gasteiger charge is -2.18. The van der Waals surface area contributed by atoms with Gasteiger partial charge in [-0.15, -0.1) is 0 Å². The third-order valence-electron chi connectivity index (χ3n) is 2.08. The lowest BCUT2D eigenvalue weighted by molar-refractivity contribution is 0.0944. The van der Waals surface area contributed by atoms with Gasteiger partial charge in [0.2, 0.25) is 0 Å². The summed E-state index contributed by atoms with van der Waals surface area (Å²) in [5.74, 6) is 0.982. The number of nitrogens with one attached hydrogen (secondary N) is 1. The molecule has 0 aliphatic heterocycles. The van der Waals surface area contributed by atoms with Crippen molar-refractivity contribution in [3.63, 3.8) is 0 Å². The lowest BCUT2D eigenvalue weighted by Crippen LogP contribution is -2.29. The van der Waals surface area contributed by atoms with Crippen molar-refractivity contribution in [3.05, 3.63) is 18.6 Å². The molecular formula is C10H15N5O. The van der Waals surface area contributed by atoms with Gasteiger partial charge in [0.1, 0.15) is 5.82 Å². The Hall–Kier alpha value is -1.82. The highest BCUT2D eigenvalue weighted by atomic mass is 16.3. The smallest absolute Gasteiger partial charge is 0.180 e. The number of nitrogens with zero attached hydrogens (tertiary/aromatic N) is 3. The van der Waals surface area contributed by atoms with Crippen LogP contribution in [0.15, 0.2) is 18.6 Å². The molecule has 0 fully saturated rings. The Morgan fingerprint density at radius 3 is 3.00 bits per heavy atom. The Morgan fingerprint density at radius 1 is 1.56 bits per heavy atom. The van der Waals surface area contributed by atoms with E-state index in [0.29, 0.717) is 23.8 Å². The number of nitrogen functional groups attached to an aromatic ring is 1. The van der Waals surface area contributed by atoms with Gasteiger partial charge in [-0.2, -0.15) is 0 Å². The Bertz CT molecular complexity index is 499. The van der Waals surface area contributed by atoms with Crippen LogP contribution in [0.25, 0.3) is 5.65 Å². The van der Waals surface area contributed by atoms with Gasteiger partial charge in [0.15, 0.2) is 11.5 Å². The number of fused-ring (bicyclic) bond motifs is 1. The molecule has 0 aliphatic carbocycles. The van der Waals surface area contributed by atoms with Crippen molar-refractivity contribution in [3.8, 4) is 0 Å². The first-order chi connectivity index (χ1) is 7.46. The molecule has 16 heavy (non-hydrogen) atoms. The van der Waals surface area contributed by atoms with E-state index in [2.05, 4.69) is 15.3 Å². The highest BCUT2D eigenvalue weighted by molar-refractivity contribution is 5.64. The number of aliphatic hydroxyl groups is 1. The average Bonchev–Trinajstić information content (AvgIpc) is 2.60. The molecule has 0 unspecified atom stereocenters. The van der Waals surface area contributed by atoms with Crippen LogP contribution in [-0.4, -0.2) is 31.6 Å². The van der Waals surface area contributed by atoms with Gasteiger partial charge in [-0.1, -0.05) is 0 Å². The summed E-state index contributed by atoms with van der Waals surface area (Å²) in [6.45, 7) is 3.82. The van der Waals surface area contributed by atoms with Crippen molar-refractivity contribution in [1.82, 2.24) is 14.4 Å². The predicted molar refractivity (Wildman–Crippen MR) is 62.2 cm³/mol. The van der Waals surface area contributed by atoms with E-state index in [0.717, 1.165) is 0 Å². The molecule has 0 aromatic carbocycles. The SMILES string of the molecule is CC(C)(O)CNc1nc(N)cn2ccnc12. The van der Waals surface area contributed by atoms with Crippen molar-refractivity contribution in [1.29, 1.82) is 0 Å². The third-order valence-corrected chi connectivity index (χ3v) is 2.08. The van der Waals surface area contributed by atoms with Crippen LogP contribution < -0.4 is 11.1 Å². The summed E-state index contributed by atoms with van der Waals surface area (Å²) in [5.41, 5.74) is 5.54. The summed E-state index contributed by atoms with van der Waals surface area (Å²) in [6.07, 6.45) is 5.16. The van der Waals surface area contributed by atoms with E-state index in [1.165, 1.54) is 0 Å². The van der Waals surface area contributed by atoms with E-state index >= 15 is 0 Å². The summed E-state index contributed by atoms with van der Waals surface area (Å²) in [7, 11) is 0. The van der Waals surface area contributed by atoms with E-state index < -0.39 is 5.60 Å². The van der Waals surface area contributed by atoms with E-state index in [1.54, 1.807) is 36.8 Å². The minimum atomic E-state index is -0.810. The Balaban J connectivity index is 2.32. The molecule has 0 radical (unpaired) electrons. The molecule has 2 rings (SSSR count). The topological polar surface area (TPSA) is 88.5 Å². The van der Waals surface area contributed by atoms with Crippen molar-refractivity contribution < 1.29 is 5.11 Å². The van der Waals surface area contributed by atoms with Gasteiger partial charge in [-0.05, 0) is 13.8 Å². The highest BCUT2D eigenvalue weighted by Crippen LogP contribution is 2.15. The fourth-order valence-electron chi connectivity index (χ4n) is 1.37. The monoisotopic (exact) mass is 221 g/mol. The molecule has 6 heteroatoms. The second kappa shape index (κ2) is 3.64. The van der Waals surface area contributed by atoms with E-state index in [1.807, 2.05) is 0 Å². The second-order valence-electron chi connectivity index (χ2n) is 4.34. The first-order valence-electron chi connectivity index (χ1n) is 5.01. The fraction of sp³-hybridized carbons (Fsp3) is 0.400. The molecule has 0 bridgehead atoms. The van der Waals surface area contributed by atoms with Crippen molar-refractivity contribution in [2.45, 2.75) is 19.4 Å². The van der Waals surface area contributed by atoms with Gasteiger partial charge >= 0.3 is 0 Å². The standard InChI is InChI=1S/C10H15N5O/c1-10(2,16)6-13-8-9-12-3-4-15(9)5-7(11)14-8/h3-5,16H,6,11H2,1-2H3,(H,13,14). The normalized spacial score (nSPS) is 11.9. The molecule has 4 N–H and O–H groups in total. The van der Waals surface area contributed by atoms with E-state index in [4.69, 9.17) is 5.73 Å². The van der Waals surface area contributed by atoms with Crippen LogP contribution >= 0.6 is 0 Å². The minimum Gasteiger partial charge on any atom is -0.389 e. The molecule has 6 nitrogen and oxygen atoms in total. The highest BCUT2D eigenvalue weighted by Gasteiger charge is 2.14. The molecule has 0 aliphatic rings. The summed E-state index contributed by atoms with van der Waals surface area (Å²) in [6, 6.07) is 0. The maximum atomic E-state index is 9.62. The van der Waals surface area contributed by atoms with Crippen LogP contribution in [0.3, 0.4) is 0 Å². The predicted octanol–water partition coefficient (Wildman–Crippen LogP) is 0.494. The molecule has 0 spiro atoms. The number of anilines is 2. The van der Waals surface area contributed by atoms with Crippen LogP contribution in [-0.2, 0) is 0 Å². The zero-order chi connectivity index (χ0) is 11.8. The number of hydrogen-bond donors (Lipinski definition) is 3. The first kappa shape index (κ1) is 10.7. The average molecular weight is 221 g/mol. The fourth-order valence-corrected chi connectivity index (χ4v) is 1.37. The van der Waals surface area contributed by atoms with Crippen LogP contribution in [0.4, 0.5) is 11.6 Å². The van der Waals surface area contributed by atoms with Gasteiger partial charge in [-0.3, -0.25) is 0 Å². The summed E-state index contributed by atoms with van der Waals surface area (Å²) < 4.78 is 1.79. The van der Waals surface area contributed by atoms with Crippen LogP contribution in [0.5, 0.6) is 0 Å². The number of hydrogen-bond acceptors (Lipinski definition) is 5. The van der Waals surface area contributed by atoms with Gasteiger partial charge in [-0.25, -0.2) is 9.97 Å². The maximum Gasteiger partial charge on any atom is 0.180 e. The zero-order valence-electron chi connectivity index (χ0n) is 9.31. The summed E-state index contributed by atoms with van der Waals surface area (Å²) >= 11 is 0. The number of imidazole rings is 1. The first-order valence-corrected chi connectivity index (χ1v) is 5.01. The van der Waals surface area contributed by atoms with Crippen molar-refractivity contribution >= 4 is 17.3 Å². The van der Waals surface area contributed by atoms with Crippen molar-refractivity contribution in [2.75, 3.05) is 17.6 Å². The number of aromatic nitrogens is 3. The molecule has 2 aromatic heterocycles. The van der Waals surface area contributed by atoms with Crippen LogP contribution in [0.2, 0.25) is 0 Å². The molecular weight excluding hydrogens is 206 g/mol. The third kappa shape index (κ3) is 2.22. The second-order valence-corrected chi connectivity index (χ2v) is 4.34. The van der Waals surface area contributed by atoms with E-state index in [9.17, 15) is 5.11 Å². The molecule has 2 heterocycles. The van der Waals surface area contributed by atoms with Gasteiger partial charge < -0.3 is 20.6 Å². The molecule has 86 valence electrons. The maximum absolute atomic E-state index is 9.62. The number of nitrogens with two attached hydrogens (primary N) is 1. The van der Waals surface area contributed by atoms with Crippen LogP contribution in [0.1, 0.15) is 13.8 Å². The molecule has 0 saturated carbocycles. The summed E-state index contributed by atoms with van der Waals surface area (Å²) in [5, 5.41) is 12.7. The zero-order valence-corrected chi connectivity index (χ0v) is 9.31. The molecule has 0 atom stereocenters. The Morgan fingerprint density at radius 2 is 2.31 bits per heavy atom. The molecule has 0 amide bonds. The van der Waals surface area contributed by atoms with Gasteiger partial charge in [0.05, 0.1) is 11.8 Å². The number of rotatable bonds is 3. The van der Waals surface area contributed by atoms with Gasteiger partial charge in [0, 0.05) is 18.9 Å². The van der Waals surface area contributed by atoms with Crippen LogP contribution in [0, 0.1) is 0 Å². The van der Waals surface area contributed by atoms with E-state index in [-0.39, 0.29) is 0 Å². The lowest BCUT2D eigenvalue weighted by atomic mass is 10.1. The largest absolute Gasteiger partial charge is 0.389 e. The quantitative estimate of drug-likeness (QED) is 0.702. The Kier molecular flexibility index (Phi) is 2.43.